The van der Waals surface area contributed by atoms with Gasteiger partial charge in [-0.15, -0.1) is 0 Å². The quantitative estimate of drug-likeness (QED) is 0.741. The van der Waals surface area contributed by atoms with Crippen LogP contribution in [0.1, 0.15) is 0 Å². The lowest BCUT2D eigenvalue weighted by Gasteiger charge is -2.09. The SMILES string of the molecule is CN(C)CCS(=O)(=O)c1cc[c]cc1. The summed E-state index contributed by atoms with van der Waals surface area (Å²) in [5, 5.41) is 0. The van der Waals surface area contributed by atoms with E-state index in [1.165, 1.54) is 0 Å². The molecule has 0 aromatic heterocycles. The van der Waals surface area contributed by atoms with E-state index in [0.717, 1.165) is 0 Å². The summed E-state index contributed by atoms with van der Waals surface area (Å²) in [5.74, 6) is 0.157. The normalized spacial score (nSPS) is 11.9. The Morgan fingerprint density at radius 3 is 2.36 bits per heavy atom. The molecule has 0 aliphatic rings. The Morgan fingerprint density at radius 2 is 1.86 bits per heavy atom. The lowest BCUT2D eigenvalue weighted by Crippen LogP contribution is -2.21. The molecule has 0 saturated heterocycles. The van der Waals surface area contributed by atoms with Crippen molar-refractivity contribution in [3.8, 4) is 0 Å². The molecule has 4 heteroatoms. The van der Waals surface area contributed by atoms with Crippen LogP contribution in [-0.4, -0.2) is 39.7 Å². The second kappa shape index (κ2) is 4.57. The van der Waals surface area contributed by atoms with Crippen LogP contribution in [0.15, 0.2) is 29.2 Å². The third kappa shape index (κ3) is 3.12. The van der Waals surface area contributed by atoms with Gasteiger partial charge in [-0.25, -0.2) is 8.42 Å². The summed E-state index contributed by atoms with van der Waals surface area (Å²) >= 11 is 0. The van der Waals surface area contributed by atoms with E-state index in [-0.39, 0.29) is 5.75 Å². The van der Waals surface area contributed by atoms with Crippen LogP contribution in [0.25, 0.3) is 0 Å². The maximum atomic E-state index is 11.7. The molecular formula is C10H14NO2S. The zero-order valence-corrected chi connectivity index (χ0v) is 9.21. The first kappa shape index (κ1) is 11.2. The van der Waals surface area contributed by atoms with Crippen molar-refractivity contribution in [2.45, 2.75) is 4.90 Å². The first-order valence-electron chi connectivity index (χ1n) is 4.36. The van der Waals surface area contributed by atoms with Gasteiger partial charge in [0.15, 0.2) is 9.84 Å². The molecule has 0 fully saturated rings. The van der Waals surface area contributed by atoms with Gasteiger partial charge in [-0.3, -0.25) is 0 Å². The van der Waals surface area contributed by atoms with Gasteiger partial charge in [0, 0.05) is 6.54 Å². The zero-order valence-electron chi connectivity index (χ0n) is 8.40. The minimum atomic E-state index is -3.12. The first-order chi connectivity index (χ1) is 6.52. The summed E-state index contributed by atoms with van der Waals surface area (Å²) < 4.78 is 23.4. The van der Waals surface area contributed by atoms with Crippen molar-refractivity contribution in [3.63, 3.8) is 0 Å². The smallest absolute Gasteiger partial charge is 0.179 e. The Kier molecular flexibility index (Phi) is 3.66. The fourth-order valence-electron chi connectivity index (χ4n) is 1.000. The van der Waals surface area contributed by atoms with Gasteiger partial charge in [0.05, 0.1) is 10.6 Å². The number of hydrogen-bond acceptors (Lipinski definition) is 3. The van der Waals surface area contributed by atoms with Crippen LogP contribution in [0.2, 0.25) is 0 Å². The molecule has 0 atom stereocenters. The molecule has 0 aliphatic heterocycles. The van der Waals surface area contributed by atoms with Crippen LogP contribution in [0, 0.1) is 6.07 Å². The summed E-state index contributed by atoms with van der Waals surface area (Å²) in [5.41, 5.74) is 0. The van der Waals surface area contributed by atoms with Crippen molar-refractivity contribution in [3.05, 3.63) is 30.3 Å². The summed E-state index contributed by atoms with van der Waals surface area (Å²) in [4.78, 5) is 2.23. The molecule has 1 aromatic carbocycles. The maximum absolute atomic E-state index is 11.7. The van der Waals surface area contributed by atoms with Crippen LogP contribution in [0.5, 0.6) is 0 Å². The molecule has 77 valence electrons. The van der Waals surface area contributed by atoms with Crippen LogP contribution in [0.3, 0.4) is 0 Å². The van der Waals surface area contributed by atoms with E-state index in [1.54, 1.807) is 24.3 Å². The molecule has 0 amide bonds. The Balaban J connectivity index is 2.77. The summed E-state index contributed by atoms with van der Waals surface area (Å²) in [6.07, 6.45) is 0. The second-order valence-corrected chi connectivity index (χ2v) is 5.47. The highest BCUT2D eigenvalue weighted by Gasteiger charge is 2.13. The number of benzene rings is 1. The molecule has 14 heavy (non-hydrogen) atoms. The molecule has 0 bridgehead atoms. The van der Waals surface area contributed by atoms with Gasteiger partial charge in [-0.1, -0.05) is 12.1 Å². The summed E-state index contributed by atoms with van der Waals surface area (Å²) in [7, 11) is 0.594. The average Bonchev–Trinajstić information content (AvgIpc) is 2.16. The van der Waals surface area contributed by atoms with E-state index in [1.807, 2.05) is 19.0 Å². The Labute approximate surface area is 85.3 Å². The Hall–Kier alpha value is -0.870. The van der Waals surface area contributed by atoms with E-state index in [9.17, 15) is 8.42 Å². The van der Waals surface area contributed by atoms with Crippen LogP contribution >= 0.6 is 0 Å². The standard InChI is InChI=1S/C10H14NO2S/c1-11(2)8-9-14(12,13)10-6-4-3-5-7-10/h4-7H,8-9H2,1-2H3. The minimum absolute atomic E-state index is 0.157. The lowest BCUT2D eigenvalue weighted by atomic mass is 10.4. The highest BCUT2D eigenvalue weighted by molar-refractivity contribution is 7.91. The van der Waals surface area contributed by atoms with Crippen molar-refractivity contribution in [2.24, 2.45) is 0 Å². The summed E-state index contributed by atoms with van der Waals surface area (Å²) in [6.45, 7) is 0.543. The largest absolute Gasteiger partial charge is 0.308 e. The minimum Gasteiger partial charge on any atom is -0.308 e. The average molecular weight is 212 g/mol. The first-order valence-corrected chi connectivity index (χ1v) is 6.01. The third-order valence-corrected chi connectivity index (χ3v) is 3.56. The van der Waals surface area contributed by atoms with E-state index in [0.29, 0.717) is 11.4 Å². The highest BCUT2D eigenvalue weighted by atomic mass is 32.2. The van der Waals surface area contributed by atoms with Gasteiger partial charge in [0.1, 0.15) is 0 Å². The second-order valence-electron chi connectivity index (χ2n) is 3.36. The topological polar surface area (TPSA) is 37.4 Å². The van der Waals surface area contributed by atoms with E-state index < -0.39 is 9.84 Å². The fraction of sp³-hybridized carbons (Fsp3) is 0.400. The fourth-order valence-corrected chi connectivity index (χ4v) is 2.39. The van der Waals surface area contributed by atoms with E-state index in [2.05, 4.69) is 6.07 Å². The van der Waals surface area contributed by atoms with Gasteiger partial charge in [0.25, 0.3) is 0 Å². The van der Waals surface area contributed by atoms with Gasteiger partial charge in [-0.2, -0.15) is 0 Å². The van der Waals surface area contributed by atoms with Crippen molar-refractivity contribution >= 4 is 9.84 Å². The number of nitrogens with zero attached hydrogens (tertiary/aromatic N) is 1. The predicted octanol–water partition coefficient (Wildman–Crippen LogP) is 0.822. The number of sulfone groups is 1. The van der Waals surface area contributed by atoms with Gasteiger partial charge in [-0.05, 0) is 32.3 Å². The molecule has 3 nitrogen and oxygen atoms in total. The molecular weight excluding hydrogens is 198 g/mol. The molecule has 1 rings (SSSR count). The molecule has 0 N–H and O–H groups in total. The Bertz CT molecular complexity index is 370. The predicted molar refractivity (Wildman–Crippen MR) is 55.9 cm³/mol. The maximum Gasteiger partial charge on any atom is 0.179 e. The van der Waals surface area contributed by atoms with Crippen molar-refractivity contribution in [1.29, 1.82) is 0 Å². The highest BCUT2D eigenvalue weighted by Crippen LogP contribution is 2.09. The van der Waals surface area contributed by atoms with Crippen molar-refractivity contribution in [2.75, 3.05) is 26.4 Å². The lowest BCUT2D eigenvalue weighted by molar-refractivity contribution is 0.432. The van der Waals surface area contributed by atoms with Crippen LogP contribution < -0.4 is 0 Å². The van der Waals surface area contributed by atoms with Gasteiger partial charge < -0.3 is 4.90 Å². The Morgan fingerprint density at radius 1 is 1.29 bits per heavy atom. The van der Waals surface area contributed by atoms with Crippen LogP contribution in [-0.2, 0) is 9.84 Å². The summed E-state index contributed by atoms with van der Waals surface area (Å²) in [6, 6.07) is 9.17. The number of hydrogen-bond donors (Lipinski definition) is 0. The molecule has 0 unspecified atom stereocenters. The molecule has 1 aromatic rings. The van der Waals surface area contributed by atoms with Crippen molar-refractivity contribution in [1.82, 2.24) is 4.90 Å². The molecule has 0 spiro atoms. The van der Waals surface area contributed by atoms with Gasteiger partial charge >= 0.3 is 0 Å². The van der Waals surface area contributed by atoms with E-state index in [4.69, 9.17) is 0 Å². The van der Waals surface area contributed by atoms with E-state index >= 15 is 0 Å². The van der Waals surface area contributed by atoms with Crippen LogP contribution in [0.4, 0.5) is 0 Å². The third-order valence-electron chi connectivity index (χ3n) is 1.85. The molecule has 0 heterocycles. The molecule has 1 radical (unpaired) electrons. The molecule has 0 aliphatic carbocycles. The zero-order chi connectivity index (χ0) is 10.6. The number of rotatable bonds is 4. The molecule has 0 saturated carbocycles. The van der Waals surface area contributed by atoms with Gasteiger partial charge in [0.2, 0.25) is 0 Å². The van der Waals surface area contributed by atoms with Crippen molar-refractivity contribution < 1.29 is 8.42 Å². The monoisotopic (exact) mass is 212 g/mol.